The van der Waals surface area contributed by atoms with Crippen LogP contribution in [0.4, 0.5) is 0 Å². The molecule has 3 N–H and O–H groups in total. The lowest BCUT2D eigenvalue weighted by molar-refractivity contribution is 0.0996. The Kier molecular flexibility index (Phi) is 2.95. The summed E-state index contributed by atoms with van der Waals surface area (Å²) in [5.74, 6) is 0.0739. The zero-order valence-corrected chi connectivity index (χ0v) is 11.1. The number of carbonyl (C=O) groups is 1. The first-order valence-corrected chi connectivity index (χ1v) is 6.43. The number of aryl methyl sites for hydroxylation is 1. The van der Waals surface area contributed by atoms with Gasteiger partial charge in [0.05, 0.1) is 0 Å². The molecule has 3 aromatic rings. The van der Waals surface area contributed by atoms with E-state index in [2.05, 4.69) is 15.0 Å². The number of H-pyrrole nitrogens is 1. The molecule has 2 aromatic heterocycles. The van der Waals surface area contributed by atoms with E-state index in [0.29, 0.717) is 17.8 Å². The number of nitrogens with zero attached hydrogens (tertiary/aromatic N) is 2. The zero-order valence-electron chi connectivity index (χ0n) is 11.1. The van der Waals surface area contributed by atoms with Crippen molar-refractivity contribution in [2.24, 2.45) is 5.73 Å². The molecule has 2 heterocycles. The number of primary amides is 1. The van der Waals surface area contributed by atoms with E-state index in [1.807, 2.05) is 37.4 Å². The summed E-state index contributed by atoms with van der Waals surface area (Å²) in [6, 6.07) is 7.86. The highest BCUT2D eigenvalue weighted by Gasteiger charge is 2.16. The fourth-order valence-corrected chi connectivity index (χ4v) is 2.27. The number of hydrogen-bond donors (Lipinski definition) is 2. The summed E-state index contributed by atoms with van der Waals surface area (Å²) in [6.07, 6.45) is 4.18. The fourth-order valence-electron chi connectivity index (χ4n) is 2.27. The van der Waals surface area contributed by atoms with Gasteiger partial charge in [-0.15, -0.1) is 0 Å². The van der Waals surface area contributed by atoms with Crippen molar-refractivity contribution < 1.29 is 4.79 Å². The molecular formula is C15H14N4O. The van der Waals surface area contributed by atoms with Gasteiger partial charge in [-0.05, 0) is 6.07 Å². The lowest BCUT2D eigenvalue weighted by Gasteiger charge is -2.06. The Morgan fingerprint density at radius 3 is 2.85 bits per heavy atom. The second kappa shape index (κ2) is 4.77. The van der Waals surface area contributed by atoms with Crippen LogP contribution >= 0.6 is 0 Å². The molecule has 0 fully saturated rings. The van der Waals surface area contributed by atoms with Crippen molar-refractivity contribution in [1.82, 2.24) is 15.0 Å². The third kappa shape index (κ3) is 1.93. The molecule has 3 rings (SSSR count). The molecule has 0 aliphatic carbocycles. The van der Waals surface area contributed by atoms with E-state index in [1.165, 1.54) is 0 Å². The first-order valence-electron chi connectivity index (χ1n) is 6.43. The number of aromatic amines is 1. The summed E-state index contributed by atoms with van der Waals surface area (Å²) >= 11 is 0. The summed E-state index contributed by atoms with van der Waals surface area (Å²) in [5, 5.41) is 1.02. The molecule has 0 spiro atoms. The standard InChI is InChI=1S/C15H14N4O/c1-2-13-18-8-11(14(19-13)15(16)20)10-7-17-12-6-4-3-5-9(10)12/h3-8,17H,2H2,1H3,(H2,16,20). The van der Waals surface area contributed by atoms with Crippen molar-refractivity contribution in [3.05, 3.63) is 48.2 Å². The number of fused-ring (bicyclic) bond motifs is 1. The highest BCUT2D eigenvalue weighted by atomic mass is 16.1. The van der Waals surface area contributed by atoms with Crippen molar-refractivity contribution in [2.45, 2.75) is 13.3 Å². The maximum absolute atomic E-state index is 11.6. The van der Waals surface area contributed by atoms with Gasteiger partial charge < -0.3 is 10.7 Å². The molecule has 5 nitrogen and oxygen atoms in total. The molecule has 0 unspecified atom stereocenters. The average molecular weight is 266 g/mol. The number of nitrogens with one attached hydrogen (secondary N) is 1. The number of nitrogens with two attached hydrogens (primary N) is 1. The monoisotopic (exact) mass is 266 g/mol. The third-order valence-electron chi connectivity index (χ3n) is 3.27. The first kappa shape index (κ1) is 12.3. The Bertz CT molecular complexity index is 791. The minimum Gasteiger partial charge on any atom is -0.364 e. The minimum atomic E-state index is -0.539. The van der Waals surface area contributed by atoms with Gasteiger partial charge in [-0.1, -0.05) is 25.1 Å². The molecule has 1 aromatic carbocycles. The molecule has 0 bridgehead atoms. The Hall–Kier alpha value is -2.69. The van der Waals surface area contributed by atoms with E-state index in [9.17, 15) is 4.79 Å². The van der Waals surface area contributed by atoms with E-state index >= 15 is 0 Å². The van der Waals surface area contributed by atoms with Gasteiger partial charge in [-0.2, -0.15) is 0 Å². The van der Waals surface area contributed by atoms with Gasteiger partial charge in [0, 0.05) is 40.8 Å². The smallest absolute Gasteiger partial charge is 0.268 e. The van der Waals surface area contributed by atoms with Crippen molar-refractivity contribution in [3.63, 3.8) is 0 Å². The maximum Gasteiger partial charge on any atom is 0.268 e. The number of carbonyl (C=O) groups excluding carboxylic acids is 1. The first-order chi connectivity index (χ1) is 9.70. The Balaban J connectivity index is 2.26. The van der Waals surface area contributed by atoms with Crippen LogP contribution in [0.25, 0.3) is 22.0 Å². The second-order valence-electron chi connectivity index (χ2n) is 4.51. The molecule has 100 valence electrons. The van der Waals surface area contributed by atoms with Crippen LogP contribution in [-0.4, -0.2) is 20.9 Å². The zero-order chi connectivity index (χ0) is 14.1. The van der Waals surface area contributed by atoms with Crippen LogP contribution < -0.4 is 5.73 Å². The number of rotatable bonds is 3. The third-order valence-corrected chi connectivity index (χ3v) is 3.27. The van der Waals surface area contributed by atoms with Crippen LogP contribution in [-0.2, 0) is 6.42 Å². The molecular weight excluding hydrogens is 252 g/mol. The van der Waals surface area contributed by atoms with Gasteiger partial charge in [0.1, 0.15) is 11.5 Å². The van der Waals surface area contributed by atoms with E-state index in [4.69, 9.17) is 5.73 Å². The van der Waals surface area contributed by atoms with Crippen LogP contribution in [0.15, 0.2) is 36.7 Å². The Morgan fingerprint density at radius 1 is 1.30 bits per heavy atom. The number of para-hydroxylation sites is 1. The largest absolute Gasteiger partial charge is 0.364 e. The summed E-state index contributed by atoms with van der Waals surface area (Å²) in [6.45, 7) is 1.94. The molecule has 5 heteroatoms. The van der Waals surface area contributed by atoms with Crippen molar-refractivity contribution >= 4 is 16.8 Å². The minimum absolute atomic E-state index is 0.265. The van der Waals surface area contributed by atoms with Crippen LogP contribution in [0, 0.1) is 0 Å². The topological polar surface area (TPSA) is 84.7 Å². The van der Waals surface area contributed by atoms with Crippen LogP contribution in [0.3, 0.4) is 0 Å². The van der Waals surface area contributed by atoms with Crippen LogP contribution in [0.2, 0.25) is 0 Å². The highest BCUT2D eigenvalue weighted by Crippen LogP contribution is 2.29. The Morgan fingerprint density at radius 2 is 2.10 bits per heavy atom. The predicted octanol–water partition coefficient (Wildman–Crippen LogP) is 2.29. The van der Waals surface area contributed by atoms with Crippen molar-refractivity contribution in [2.75, 3.05) is 0 Å². The van der Waals surface area contributed by atoms with E-state index in [1.54, 1.807) is 6.20 Å². The SMILES string of the molecule is CCc1ncc(-c2c[nH]c3ccccc23)c(C(N)=O)n1. The van der Waals surface area contributed by atoms with Gasteiger partial charge in [0.15, 0.2) is 0 Å². The highest BCUT2D eigenvalue weighted by molar-refractivity contribution is 6.03. The van der Waals surface area contributed by atoms with E-state index in [-0.39, 0.29) is 5.69 Å². The molecule has 1 amide bonds. The molecule has 0 aliphatic rings. The lowest BCUT2D eigenvalue weighted by Crippen LogP contribution is -2.16. The molecule has 20 heavy (non-hydrogen) atoms. The summed E-state index contributed by atoms with van der Waals surface area (Å²) < 4.78 is 0. The number of benzene rings is 1. The normalized spacial score (nSPS) is 10.8. The maximum atomic E-state index is 11.6. The molecule has 0 saturated carbocycles. The van der Waals surface area contributed by atoms with Gasteiger partial charge in [-0.3, -0.25) is 4.79 Å². The number of hydrogen-bond acceptors (Lipinski definition) is 3. The molecule has 0 saturated heterocycles. The van der Waals surface area contributed by atoms with Gasteiger partial charge >= 0.3 is 0 Å². The quantitative estimate of drug-likeness (QED) is 0.762. The molecule has 0 aliphatic heterocycles. The summed E-state index contributed by atoms with van der Waals surface area (Å²) in [4.78, 5) is 23.3. The van der Waals surface area contributed by atoms with E-state index in [0.717, 1.165) is 16.5 Å². The van der Waals surface area contributed by atoms with Gasteiger partial charge in [-0.25, -0.2) is 9.97 Å². The average Bonchev–Trinajstić information content (AvgIpc) is 2.90. The summed E-state index contributed by atoms with van der Waals surface area (Å²) in [7, 11) is 0. The number of aromatic nitrogens is 3. The van der Waals surface area contributed by atoms with Crippen LogP contribution in [0.5, 0.6) is 0 Å². The fraction of sp³-hybridized carbons (Fsp3) is 0.133. The van der Waals surface area contributed by atoms with Crippen molar-refractivity contribution in [1.29, 1.82) is 0 Å². The van der Waals surface area contributed by atoms with Crippen LogP contribution in [0.1, 0.15) is 23.2 Å². The van der Waals surface area contributed by atoms with E-state index < -0.39 is 5.91 Å². The second-order valence-corrected chi connectivity index (χ2v) is 4.51. The molecule has 0 radical (unpaired) electrons. The summed E-state index contributed by atoms with van der Waals surface area (Å²) in [5.41, 5.74) is 8.26. The van der Waals surface area contributed by atoms with Gasteiger partial charge in [0.2, 0.25) is 0 Å². The Labute approximate surface area is 115 Å². The lowest BCUT2D eigenvalue weighted by atomic mass is 10.0. The molecule has 0 atom stereocenters. The van der Waals surface area contributed by atoms with Gasteiger partial charge in [0.25, 0.3) is 5.91 Å². The predicted molar refractivity (Wildman–Crippen MR) is 77.2 cm³/mol. The van der Waals surface area contributed by atoms with Crippen molar-refractivity contribution in [3.8, 4) is 11.1 Å². The number of amides is 1.